The van der Waals surface area contributed by atoms with Gasteiger partial charge in [-0.1, -0.05) is 0 Å². The van der Waals surface area contributed by atoms with Crippen molar-refractivity contribution in [2.75, 3.05) is 24.7 Å². The molecule has 1 saturated heterocycles. The summed E-state index contributed by atoms with van der Waals surface area (Å²) in [4.78, 5) is 26.6. The number of nitrogens with zero attached hydrogens (tertiary/aromatic N) is 1. The predicted octanol–water partition coefficient (Wildman–Crippen LogP) is 1.68. The minimum Gasteiger partial charge on any atom is -0.342 e. The van der Waals surface area contributed by atoms with Gasteiger partial charge in [0.15, 0.2) is 9.84 Å². The molecule has 1 N–H and O–H groups in total. The molecule has 3 rings (SSSR count). The van der Waals surface area contributed by atoms with E-state index in [4.69, 9.17) is 0 Å². The van der Waals surface area contributed by atoms with Crippen LogP contribution in [0.4, 0.5) is 5.69 Å². The molecule has 2 aliphatic rings. The maximum atomic E-state index is 12.4. The lowest BCUT2D eigenvalue weighted by molar-refractivity contribution is -0.135. The van der Waals surface area contributed by atoms with E-state index in [1.807, 2.05) is 4.90 Å². The molecule has 1 aliphatic heterocycles. The number of amides is 2. The van der Waals surface area contributed by atoms with Gasteiger partial charge < -0.3 is 10.2 Å². The summed E-state index contributed by atoms with van der Waals surface area (Å²) in [5.74, 6) is 0.0341. The number of anilines is 1. The Morgan fingerprint density at radius 3 is 2.33 bits per heavy atom. The second-order valence-electron chi connectivity index (χ2n) is 6.68. The second kappa shape index (κ2) is 6.55. The molecule has 0 aromatic heterocycles. The molecular formula is C17H22N2O4S. The number of carbonyl (C=O) groups is 2. The van der Waals surface area contributed by atoms with Crippen LogP contribution in [0.15, 0.2) is 29.2 Å². The van der Waals surface area contributed by atoms with Crippen molar-refractivity contribution in [1.82, 2.24) is 4.90 Å². The highest BCUT2D eigenvalue weighted by atomic mass is 32.2. The van der Waals surface area contributed by atoms with Crippen molar-refractivity contribution < 1.29 is 18.0 Å². The first-order valence-electron chi connectivity index (χ1n) is 8.24. The highest BCUT2D eigenvalue weighted by Crippen LogP contribution is 2.32. The lowest BCUT2D eigenvalue weighted by Gasteiger charge is -2.32. The van der Waals surface area contributed by atoms with E-state index >= 15 is 0 Å². The first kappa shape index (κ1) is 17.0. The fourth-order valence-electron chi connectivity index (χ4n) is 3.01. The van der Waals surface area contributed by atoms with Crippen molar-refractivity contribution in [3.05, 3.63) is 24.3 Å². The molecular weight excluding hydrogens is 328 g/mol. The van der Waals surface area contributed by atoms with Gasteiger partial charge in [-0.05, 0) is 49.9 Å². The van der Waals surface area contributed by atoms with Crippen molar-refractivity contribution in [1.29, 1.82) is 0 Å². The van der Waals surface area contributed by atoms with Crippen molar-refractivity contribution in [2.45, 2.75) is 30.6 Å². The van der Waals surface area contributed by atoms with Gasteiger partial charge in [0, 0.05) is 31.0 Å². The highest BCUT2D eigenvalue weighted by molar-refractivity contribution is 7.90. The summed E-state index contributed by atoms with van der Waals surface area (Å²) in [6.07, 6.45) is 4.69. The normalized spacial score (nSPS) is 21.4. The van der Waals surface area contributed by atoms with Crippen LogP contribution in [0, 0.1) is 11.8 Å². The van der Waals surface area contributed by atoms with Crippen LogP contribution < -0.4 is 5.32 Å². The van der Waals surface area contributed by atoms with Crippen molar-refractivity contribution in [2.24, 2.45) is 11.8 Å². The van der Waals surface area contributed by atoms with Gasteiger partial charge >= 0.3 is 0 Å². The molecule has 0 spiro atoms. The van der Waals surface area contributed by atoms with E-state index in [1.54, 1.807) is 12.1 Å². The Labute approximate surface area is 142 Å². The average Bonchev–Trinajstić information content (AvgIpc) is 3.39. The van der Waals surface area contributed by atoms with E-state index in [0.717, 1.165) is 38.5 Å². The third-order valence-corrected chi connectivity index (χ3v) is 5.71. The van der Waals surface area contributed by atoms with Gasteiger partial charge in [0.25, 0.3) is 0 Å². The van der Waals surface area contributed by atoms with E-state index < -0.39 is 9.84 Å². The number of nitrogens with one attached hydrogen (secondary N) is 1. The Balaban J connectivity index is 1.60. The molecule has 24 heavy (non-hydrogen) atoms. The molecule has 1 unspecified atom stereocenters. The van der Waals surface area contributed by atoms with Gasteiger partial charge in [0.2, 0.25) is 11.8 Å². The van der Waals surface area contributed by atoms with Crippen LogP contribution in [-0.2, 0) is 19.4 Å². The van der Waals surface area contributed by atoms with Gasteiger partial charge in [-0.15, -0.1) is 0 Å². The van der Waals surface area contributed by atoms with Crippen LogP contribution in [0.1, 0.15) is 25.7 Å². The second-order valence-corrected chi connectivity index (χ2v) is 8.70. The Morgan fingerprint density at radius 2 is 1.75 bits per heavy atom. The molecule has 1 atom stereocenters. The summed E-state index contributed by atoms with van der Waals surface area (Å²) in [6.45, 7) is 1.21. The molecule has 1 aromatic carbocycles. The number of piperidine rings is 1. The largest absolute Gasteiger partial charge is 0.342 e. The van der Waals surface area contributed by atoms with Crippen molar-refractivity contribution in [3.63, 3.8) is 0 Å². The van der Waals surface area contributed by atoms with Gasteiger partial charge in [0.05, 0.1) is 10.8 Å². The van der Waals surface area contributed by atoms with Crippen molar-refractivity contribution in [3.8, 4) is 0 Å². The number of rotatable bonds is 4. The zero-order chi connectivity index (χ0) is 17.3. The fraction of sp³-hybridized carbons (Fsp3) is 0.529. The first-order valence-corrected chi connectivity index (χ1v) is 10.1. The lowest BCUT2D eigenvalue weighted by atomic mass is 9.96. The monoisotopic (exact) mass is 350 g/mol. The Hall–Kier alpha value is -1.89. The number of sulfone groups is 1. The molecule has 0 radical (unpaired) electrons. The van der Waals surface area contributed by atoms with Gasteiger partial charge in [-0.25, -0.2) is 8.42 Å². The summed E-state index contributed by atoms with van der Waals surface area (Å²) in [6, 6.07) is 6.14. The van der Waals surface area contributed by atoms with Gasteiger partial charge in [-0.3, -0.25) is 9.59 Å². The van der Waals surface area contributed by atoms with Crippen LogP contribution in [0.3, 0.4) is 0 Å². The summed E-state index contributed by atoms with van der Waals surface area (Å²) in [5.41, 5.74) is 0.568. The minimum absolute atomic E-state index is 0.115. The van der Waals surface area contributed by atoms with Crippen molar-refractivity contribution >= 4 is 27.3 Å². The first-order chi connectivity index (χ1) is 11.3. The zero-order valence-corrected chi connectivity index (χ0v) is 14.5. The van der Waals surface area contributed by atoms with E-state index in [2.05, 4.69) is 5.32 Å². The Morgan fingerprint density at radius 1 is 1.08 bits per heavy atom. The Kier molecular flexibility index (Phi) is 4.62. The molecule has 130 valence electrons. The maximum Gasteiger partial charge on any atom is 0.229 e. The molecule has 2 fully saturated rings. The van der Waals surface area contributed by atoms with Gasteiger partial charge in [0.1, 0.15) is 0 Å². The standard InChI is InChI=1S/C17H22N2O4S/c1-24(22,23)15-8-6-14(7-9-15)18-16(20)13-3-2-10-19(11-13)17(21)12-4-5-12/h6-9,12-13H,2-5,10-11H2,1H3,(H,18,20). The number of likely N-dealkylation sites (tertiary alicyclic amines) is 1. The van der Waals surface area contributed by atoms with E-state index in [0.29, 0.717) is 12.2 Å². The number of benzene rings is 1. The Bertz CT molecular complexity index is 738. The summed E-state index contributed by atoms with van der Waals surface area (Å²) in [7, 11) is -3.24. The molecule has 1 saturated carbocycles. The minimum atomic E-state index is -3.24. The predicted molar refractivity (Wildman–Crippen MR) is 90.2 cm³/mol. The number of carbonyl (C=O) groups excluding carboxylic acids is 2. The molecule has 7 heteroatoms. The average molecular weight is 350 g/mol. The van der Waals surface area contributed by atoms with Crippen LogP contribution in [-0.4, -0.2) is 44.5 Å². The SMILES string of the molecule is CS(=O)(=O)c1ccc(NC(=O)C2CCCN(C(=O)C3CC3)C2)cc1. The topological polar surface area (TPSA) is 83.6 Å². The molecule has 0 bridgehead atoms. The number of hydrogen-bond acceptors (Lipinski definition) is 4. The van der Waals surface area contributed by atoms with Crippen LogP contribution in [0.25, 0.3) is 0 Å². The summed E-state index contributed by atoms with van der Waals surface area (Å²) < 4.78 is 22.9. The lowest BCUT2D eigenvalue weighted by Crippen LogP contribution is -2.44. The van der Waals surface area contributed by atoms with E-state index in [1.165, 1.54) is 12.1 Å². The molecule has 1 aliphatic carbocycles. The third kappa shape index (κ3) is 3.95. The molecule has 2 amide bonds. The van der Waals surface area contributed by atoms with E-state index in [9.17, 15) is 18.0 Å². The number of hydrogen-bond donors (Lipinski definition) is 1. The quantitative estimate of drug-likeness (QED) is 0.895. The van der Waals surface area contributed by atoms with Gasteiger partial charge in [-0.2, -0.15) is 0 Å². The van der Waals surface area contributed by atoms with Crippen LogP contribution in [0.2, 0.25) is 0 Å². The molecule has 6 nitrogen and oxygen atoms in total. The zero-order valence-electron chi connectivity index (χ0n) is 13.7. The fourth-order valence-corrected chi connectivity index (χ4v) is 3.64. The maximum absolute atomic E-state index is 12.4. The molecule has 1 aromatic rings. The smallest absolute Gasteiger partial charge is 0.229 e. The summed E-state index contributed by atoms with van der Waals surface area (Å²) >= 11 is 0. The van der Waals surface area contributed by atoms with Crippen LogP contribution >= 0.6 is 0 Å². The highest BCUT2D eigenvalue weighted by Gasteiger charge is 2.36. The van der Waals surface area contributed by atoms with E-state index in [-0.39, 0.29) is 28.5 Å². The van der Waals surface area contributed by atoms with Crippen LogP contribution in [0.5, 0.6) is 0 Å². The molecule has 1 heterocycles. The third-order valence-electron chi connectivity index (χ3n) is 4.58. The summed E-state index contributed by atoms with van der Waals surface area (Å²) in [5, 5.41) is 2.82.